The highest BCUT2D eigenvalue weighted by atomic mass is 16.6. The number of rotatable bonds is 9. The van der Waals surface area contributed by atoms with Crippen LogP contribution >= 0.6 is 0 Å². The van der Waals surface area contributed by atoms with E-state index in [-0.39, 0.29) is 6.10 Å². The number of methoxy groups -OCH3 is 1. The number of benzene rings is 1. The van der Waals surface area contributed by atoms with E-state index in [4.69, 9.17) is 23.9 Å². The molecule has 0 saturated carbocycles. The van der Waals surface area contributed by atoms with Gasteiger partial charge in [0.05, 0.1) is 45.2 Å². The summed E-state index contributed by atoms with van der Waals surface area (Å²) in [5.41, 5.74) is 4.65. The molecule has 3 aliphatic rings. The largest absolute Gasteiger partial charge is 0.493 e. The molecule has 1 atom stereocenters. The molecular formula is C25H35N3O4. The molecule has 0 amide bonds. The number of aromatic nitrogens is 1. The molecule has 174 valence electrons. The van der Waals surface area contributed by atoms with E-state index >= 15 is 0 Å². The van der Waals surface area contributed by atoms with Crippen LogP contribution in [0.3, 0.4) is 0 Å². The highest BCUT2D eigenvalue weighted by molar-refractivity contribution is 5.96. The smallest absolute Gasteiger partial charge is 0.163 e. The fourth-order valence-corrected chi connectivity index (χ4v) is 5.09. The first-order valence-electron chi connectivity index (χ1n) is 12.1. The van der Waals surface area contributed by atoms with Gasteiger partial charge in [0.2, 0.25) is 0 Å². The van der Waals surface area contributed by atoms with Crippen LogP contribution in [0.2, 0.25) is 0 Å². The van der Waals surface area contributed by atoms with Crippen molar-refractivity contribution in [2.75, 3.05) is 65.0 Å². The SMILES string of the molecule is COc1cc2c(NC[C@H]3COCCO3)c3c(nc2cc1OCCCN1CCCC1)CCC3. The first-order valence-corrected chi connectivity index (χ1v) is 12.1. The average molecular weight is 442 g/mol. The number of likely N-dealkylation sites (tertiary alicyclic amines) is 1. The van der Waals surface area contributed by atoms with Gasteiger partial charge in [0.15, 0.2) is 11.5 Å². The zero-order valence-corrected chi connectivity index (χ0v) is 19.2. The van der Waals surface area contributed by atoms with Gasteiger partial charge in [-0.3, -0.25) is 4.98 Å². The second-order valence-corrected chi connectivity index (χ2v) is 8.99. The molecular weight excluding hydrogens is 406 g/mol. The maximum atomic E-state index is 6.16. The molecule has 0 bridgehead atoms. The summed E-state index contributed by atoms with van der Waals surface area (Å²) in [4.78, 5) is 7.52. The van der Waals surface area contributed by atoms with Crippen molar-refractivity contribution in [2.24, 2.45) is 0 Å². The summed E-state index contributed by atoms with van der Waals surface area (Å²) in [6, 6.07) is 4.13. The van der Waals surface area contributed by atoms with Gasteiger partial charge in [-0.05, 0) is 63.2 Å². The van der Waals surface area contributed by atoms with Gasteiger partial charge in [-0.25, -0.2) is 0 Å². The predicted octanol–water partition coefficient (Wildman–Crippen LogP) is 3.42. The van der Waals surface area contributed by atoms with Crippen molar-refractivity contribution in [3.8, 4) is 11.5 Å². The summed E-state index contributed by atoms with van der Waals surface area (Å²) in [7, 11) is 1.71. The lowest BCUT2D eigenvalue weighted by Gasteiger charge is -2.25. The Balaban J connectivity index is 1.35. The van der Waals surface area contributed by atoms with E-state index < -0.39 is 0 Å². The van der Waals surface area contributed by atoms with E-state index in [1.807, 2.05) is 6.07 Å². The molecule has 1 aromatic heterocycles. The maximum absolute atomic E-state index is 6.16. The van der Waals surface area contributed by atoms with Crippen LogP contribution in [0.1, 0.15) is 36.9 Å². The Morgan fingerprint density at radius 1 is 1.12 bits per heavy atom. The normalized spacial score (nSPS) is 21.1. The van der Waals surface area contributed by atoms with Gasteiger partial charge in [0, 0.05) is 35.9 Å². The van der Waals surface area contributed by atoms with Crippen LogP contribution in [-0.4, -0.2) is 75.7 Å². The maximum Gasteiger partial charge on any atom is 0.163 e. The Hall–Kier alpha value is -2.09. The van der Waals surface area contributed by atoms with Crippen LogP contribution in [-0.2, 0) is 22.3 Å². The number of pyridine rings is 1. The quantitative estimate of drug-likeness (QED) is 0.598. The van der Waals surface area contributed by atoms with Crippen LogP contribution in [0.25, 0.3) is 10.9 Å². The molecule has 1 aromatic carbocycles. The minimum atomic E-state index is 0.0733. The molecule has 1 N–H and O–H groups in total. The fourth-order valence-electron chi connectivity index (χ4n) is 5.09. The Morgan fingerprint density at radius 2 is 2.03 bits per heavy atom. The Labute approximate surface area is 190 Å². The van der Waals surface area contributed by atoms with E-state index in [0.29, 0.717) is 26.4 Å². The number of anilines is 1. The lowest BCUT2D eigenvalue weighted by Crippen LogP contribution is -2.34. The lowest BCUT2D eigenvalue weighted by atomic mass is 10.1. The number of nitrogens with zero attached hydrogens (tertiary/aromatic N) is 2. The van der Waals surface area contributed by atoms with Gasteiger partial charge in [-0.2, -0.15) is 0 Å². The number of aryl methyl sites for hydroxylation is 1. The number of fused-ring (bicyclic) bond motifs is 2. The molecule has 1 aliphatic carbocycles. The van der Waals surface area contributed by atoms with Crippen molar-refractivity contribution in [2.45, 2.75) is 44.6 Å². The molecule has 0 unspecified atom stereocenters. The third-order valence-corrected chi connectivity index (χ3v) is 6.76. The van der Waals surface area contributed by atoms with Crippen LogP contribution in [0, 0.1) is 0 Å². The van der Waals surface area contributed by atoms with E-state index in [2.05, 4.69) is 16.3 Å². The number of nitrogens with one attached hydrogen (secondary N) is 1. The molecule has 0 spiro atoms. The van der Waals surface area contributed by atoms with Crippen LogP contribution in [0.4, 0.5) is 5.69 Å². The predicted molar refractivity (Wildman–Crippen MR) is 125 cm³/mol. The summed E-state index contributed by atoms with van der Waals surface area (Å²) in [5, 5.41) is 4.75. The second kappa shape index (κ2) is 10.2. The van der Waals surface area contributed by atoms with E-state index in [0.717, 1.165) is 66.9 Å². The Kier molecular flexibility index (Phi) is 6.95. The first-order chi connectivity index (χ1) is 15.8. The molecule has 7 nitrogen and oxygen atoms in total. The summed E-state index contributed by atoms with van der Waals surface area (Å²) in [6.07, 6.45) is 6.98. The van der Waals surface area contributed by atoms with Crippen molar-refractivity contribution in [3.63, 3.8) is 0 Å². The minimum absolute atomic E-state index is 0.0733. The number of ether oxygens (including phenoxy) is 4. The van der Waals surface area contributed by atoms with E-state index in [1.54, 1.807) is 7.11 Å². The molecule has 7 heteroatoms. The monoisotopic (exact) mass is 441 g/mol. The fraction of sp³-hybridized carbons (Fsp3) is 0.640. The van der Waals surface area contributed by atoms with E-state index in [1.165, 1.54) is 37.2 Å². The molecule has 5 rings (SSSR count). The van der Waals surface area contributed by atoms with Crippen molar-refractivity contribution in [1.82, 2.24) is 9.88 Å². The molecule has 32 heavy (non-hydrogen) atoms. The third kappa shape index (κ3) is 4.80. The Bertz CT molecular complexity index is 923. The van der Waals surface area contributed by atoms with Gasteiger partial charge in [-0.1, -0.05) is 0 Å². The van der Waals surface area contributed by atoms with Gasteiger partial charge in [-0.15, -0.1) is 0 Å². The molecule has 2 aromatic rings. The molecule has 2 fully saturated rings. The van der Waals surface area contributed by atoms with Crippen molar-refractivity contribution >= 4 is 16.6 Å². The lowest BCUT2D eigenvalue weighted by molar-refractivity contribution is -0.0818. The first kappa shape index (κ1) is 21.7. The third-order valence-electron chi connectivity index (χ3n) is 6.76. The van der Waals surface area contributed by atoms with Crippen LogP contribution < -0.4 is 14.8 Å². The van der Waals surface area contributed by atoms with Gasteiger partial charge in [0.1, 0.15) is 0 Å². The average Bonchev–Trinajstić information content (AvgIpc) is 3.51. The van der Waals surface area contributed by atoms with Crippen LogP contribution in [0.5, 0.6) is 11.5 Å². The molecule has 0 radical (unpaired) electrons. The molecule has 2 saturated heterocycles. The Morgan fingerprint density at radius 3 is 2.84 bits per heavy atom. The summed E-state index contributed by atoms with van der Waals surface area (Å²) in [5.74, 6) is 1.54. The van der Waals surface area contributed by atoms with Crippen molar-refractivity contribution in [3.05, 3.63) is 23.4 Å². The highest BCUT2D eigenvalue weighted by Crippen LogP contribution is 2.39. The summed E-state index contributed by atoms with van der Waals surface area (Å²) < 4.78 is 23.3. The standard InChI is InChI=1S/C25H35N3O4/c1-29-23-14-20-22(15-24(23)32-11-5-10-28-8-2-3-9-28)27-21-7-4-6-19(21)25(20)26-16-18-17-30-12-13-31-18/h14-15,18H,2-13,16-17H2,1H3,(H,26,27)/t18-/m0/s1. The topological polar surface area (TPSA) is 65.1 Å². The van der Waals surface area contributed by atoms with Crippen LogP contribution in [0.15, 0.2) is 12.1 Å². The summed E-state index contributed by atoms with van der Waals surface area (Å²) in [6.45, 7) is 6.94. The van der Waals surface area contributed by atoms with Gasteiger partial charge < -0.3 is 29.2 Å². The zero-order valence-electron chi connectivity index (χ0n) is 19.2. The molecule has 3 heterocycles. The van der Waals surface area contributed by atoms with Crippen molar-refractivity contribution in [1.29, 1.82) is 0 Å². The second-order valence-electron chi connectivity index (χ2n) is 8.99. The van der Waals surface area contributed by atoms with Crippen molar-refractivity contribution < 1.29 is 18.9 Å². The van der Waals surface area contributed by atoms with E-state index in [9.17, 15) is 0 Å². The highest BCUT2D eigenvalue weighted by Gasteiger charge is 2.23. The summed E-state index contributed by atoms with van der Waals surface area (Å²) >= 11 is 0. The molecule has 2 aliphatic heterocycles. The number of hydrogen-bond donors (Lipinski definition) is 1. The number of hydrogen-bond acceptors (Lipinski definition) is 7. The van der Waals surface area contributed by atoms with Gasteiger partial charge in [0.25, 0.3) is 0 Å². The minimum Gasteiger partial charge on any atom is -0.493 e. The zero-order chi connectivity index (χ0) is 21.8. The van der Waals surface area contributed by atoms with Gasteiger partial charge >= 0.3 is 0 Å².